The fourth-order valence-corrected chi connectivity index (χ4v) is 4.76. The van der Waals surface area contributed by atoms with Gasteiger partial charge in [-0.1, -0.05) is 12.1 Å². The van der Waals surface area contributed by atoms with E-state index in [1.165, 1.54) is 19.2 Å². The summed E-state index contributed by atoms with van der Waals surface area (Å²) in [5.74, 6) is -0.535. The van der Waals surface area contributed by atoms with Crippen LogP contribution in [0.1, 0.15) is 57.3 Å². The van der Waals surface area contributed by atoms with Crippen LogP contribution < -0.4 is 15.8 Å². The number of amides is 2. The normalized spacial score (nSPS) is 16.1. The van der Waals surface area contributed by atoms with Gasteiger partial charge < -0.3 is 30.2 Å². The van der Waals surface area contributed by atoms with Gasteiger partial charge in [-0.3, -0.25) is 9.59 Å². The quantitative estimate of drug-likeness (QED) is 0.295. The average Bonchev–Trinajstić information content (AvgIpc) is 3.61. The van der Waals surface area contributed by atoms with Crippen molar-refractivity contribution in [2.75, 3.05) is 20.2 Å². The molecule has 1 aliphatic rings. The van der Waals surface area contributed by atoms with Gasteiger partial charge in [-0.15, -0.1) is 0 Å². The molecule has 0 bridgehead atoms. The first kappa shape index (κ1) is 29.0. The molecule has 2 amide bonds. The van der Waals surface area contributed by atoms with Crippen molar-refractivity contribution >= 4 is 22.7 Å². The van der Waals surface area contributed by atoms with E-state index in [1.54, 1.807) is 42.2 Å². The number of fused-ring (bicyclic) bond motifs is 1. The maximum absolute atomic E-state index is 13.3. The number of aromatic nitrogens is 2. The molecule has 0 radical (unpaired) electrons. The molecule has 3 heterocycles. The molecule has 13 heteroatoms. The smallest absolute Gasteiger partial charge is 0.433 e. The van der Waals surface area contributed by atoms with E-state index in [4.69, 9.17) is 14.9 Å². The molecule has 4 N–H and O–H groups in total. The number of halogens is 3. The predicted octanol–water partition coefficient (Wildman–Crippen LogP) is 4.07. The van der Waals surface area contributed by atoms with Crippen LogP contribution in [0.3, 0.4) is 0 Å². The SMILES string of the molecule is COc1ccc(-c2nc(C(=O)NCc3ccc(C(=O)N4CC[C@@H](O)C4)cc3)c([C@H](C)N)o2)c2ccc(C(F)(F)F)nc12. The van der Waals surface area contributed by atoms with Crippen molar-refractivity contribution in [1.29, 1.82) is 0 Å². The number of nitrogens with zero attached hydrogens (tertiary/aromatic N) is 3. The molecule has 2 aromatic heterocycles. The summed E-state index contributed by atoms with van der Waals surface area (Å²) in [5.41, 5.74) is 6.37. The number of β-amino-alcohol motifs (C(OH)–C–C–N with tert-alkyl or cyclic N) is 1. The number of nitrogens with two attached hydrogens (primary N) is 1. The van der Waals surface area contributed by atoms with Crippen LogP contribution in [0.5, 0.6) is 5.75 Å². The molecular formula is C29H28F3N5O5. The zero-order valence-electron chi connectivity index (χ0n) is 22.7. The van der Waals surface area contributed by atoms with Crippen molar-refractivity contribution in [1.82, 2.24) is 20.2 Å². The summed E-state index contributed by atoms with van der Waals surface area (Å²) in [4.78, 5) is 35.5. The lowest BCUT2D eigenvalue weighted by molar-refractivity contribution is -0.140. The van der Waals surface area contributed by atoms with Gasteiger partial charge in [0.15, 0.2) is 11.5 Å². The van der Waals surface area contributed by atoms with E-state index in [1.807, 2.05) is 0 Å². The minimum absolute atomic E-state index is 0.0171. The number of carbonyl (C=O) groups is 2. The third kappa shape index (κ3) is 5.78. The van der Waals surface area contributed by atoms with Gasteiger partial charge in [0.25, 0.3) is 11.8 Å². The number of alkyl halides is 3. The second-order valence-corrected chi connectivity index (χ2v) is 10.00. The molecule has 0 saturated carbocycles. The number of likely N-dealkylation sites (tertiary alicyclic amines) is 1. The van der Waals surface area contributed by atoms with E-state index in [9.17, 15) is 27.9 Å². The molecule has 1 fully saturated rings. The van der Waals surface area contributed by atoms with E-state index in [-0.39, 0.29) is 46.4 Å². The maximum atomic E-state index is 13.3. The van der Waals surface area contributed by atoms with Gasteiger partial charge in [-0.25, -0.2) is 9.97 Å². The number of benzene rings is 2. The third-order valence-electron chi connectivity index (χ3n) is 6.95. The summed E-state index contributed by atoms with van der Waals surface area (Å²) < 4.78 is 51.0. The Bertz CT molecular complexity index is 1640. The highest BCUT2D eigenvalue weighted by molar-refractivity contribution is 5.98. The zero-order chi connectivity index (χ0) is 30.2. The molecule has 0 unspecified atom stereocenters. The minimum atomic E-state index is -4.65. The number of ether oxygens (including phenoxy) is 1. The lowest BCUT2D eigenvalue weighted by Crippen LogP contribution is -2.29. The Morgan fingerprint density at radius 2 is 1.90 bits per heavy atom. The molecule has 0 spiro atoms. The van der Waals surface area contributed by atoms with Gasteiger partial charge in [0.05, 0.1) is 19.3 Å². The van der Waals surface area contributed by atoms with Crippen LogP contribution in [0, 0.1) is 0 Å². The molecular weight excluding hydrogens is 555 g/mol. The monoisotopic (exact) mass is 583 g/mol. The summed E-state index contributed by atoms with van der Waals surface area (Å²) >= 11 is 0. The summed E-state index contributed by atoms with van der Waals surface area (Å²) in [6.07, 6.45) is -4.61. The van der Waals surface area contributed by atoms with Gasteiger partial charge in [0, 0.05) is 36.1 Å². The second kappa shape index (κ2) is 11.4. The number of pyridine rings is 1. The Labute approximate surface area is 238 Å². The van der Waals surface area contributed by atoms with Crippen LogP contribution in [0.15, 0.2) is 52.9 Å². The number of carbonyl (C=O) groups excluding carboxylic acids is 2. The van der Waals surface area contributed by atoms with Gasteiger partial charge in [0.2, 0.25) is 5.89 Å². The van der Waals surface area contributed by atoms with E-state index < -0.39 is 29.9 Å². The third-order valence-corrected chi connectivity index (χ3v) is 6.95. The first-order valence-electron chi connectivity index (χ1n) is 13.1. The average molecular weight is 584 g/mol. The maximum Gasteiger partial charge on any atom is 0.433 e. The standard InChI is InChI=1S/C29H28F3N5O5/c1-15(33)25-24(26(39)34-13-16-3-5-17(6-4-16)28(40)37-12-11-18(38)14-37)36-27(42-25)20-7-9-21(41-2)23-19(20)8-10-22(35-23)29(30,31)32/h3-10,15,18,38H,11-14,33H2,1-2H3,(H,34,39)/t15-,18+/m0/s1. The molecule has 0 aliphatic carbocycles. The topological polar surface area (TPSA) is 144 Å². The molecule has 220 valence electrons. The van der Waals surface area contributed by atoms with Crippen LogP contribution in [-0.4, -0.2) is 58.1 Å². The highest BCUT2D eigenvalue weighted by Gasteiger charge is 2.33. The molecule has 4 aromatic rings. The number of rotatable bonds is 7. The van der Waals surface area contributed by atoms with Gasteiger partial charge in [-0.2, -0.15) is 13.2 Å². The fourth-order valence-electron chi connectivity index (χ4n) is 4.76. The van der Waals surface area contributed by atoms with Crippen molar-refractivity contribution < 1.29 is 37.0 Å². The van der Waals surface area contributed by atoms with Crippen LogP contribution in [0.4, 0.5) is 13.2 Å². The number of aliphatic hydroxyl groups excluding tert-OH is 1. The highest BCUT2D eigenvalue weighted by Crippen LogP contribution is 2.37. The molecule has 1 aliphatic heterocycles. The summed E-state index contributed by atoms with van der Waals surface area (Å²) in [6.45, 7) is 2.53. The van der Waals surface area contributed by atoms with Crippen LogP contribution in [-0.2, 0) is 12.7 Å². The molecule has 1 saturated heterocycles. The van der Waals surface area contributed by atoms with E-state index >= 15 is 0 Å². The Morgan fingerprint density at radius 1 is 1.17 bits per heavy atom. The molecule has 2 aromatic carbocycles. The molecule has 42 heavy (non-hydrogen) atoms. The van der Waals surface area contributed by atoms with Crippen molar-refractivity contribution in [3.8, 4) is 17.2 Å². The number of hydrogen-bond donors (Lipinski definition) is 3. The molecule has 5 rings (SSSR count). The van der Waals surface area contributed by atoms with Crippen molar-refractivity contribution in [2.24, 2.45) is 5.73 Å². The highest BCUT2D eigenvalue weighted by atomic mass is 19.4. The lowest BCUT2D eigenvalue weighted by Gasteiger charge is -2.15. The van der Waals surface area contributed by atoms with Crippen LogP contribution in [0.2, 0.25) is 0 Å². The first-order chi connectivity index (χ1) is 20.0. The number of methoxy groups -OCH3 is 1. The largest absolute Gasteiger partial charge is 0.494 e. The second-order valence-electron chi connectivity index (χ2n) is 10.00. The minimum Gasteiger partial charge on any atom is -0.494 e. The molecule has 2 atom stereocenters. The summed E-state index contributed by atoms with van der Waals surface area (Å²) in [7, 11) is 1.32. The van der Waals surface area contributed by atoms with Crippen molar-refractivity contribution in [3.63, 3.8) is 0 Å². The van der Waals surface area contributed by atoms with E-state index in [0.29, 0.717) is 30.6 Å². The van der Waals surface area contributed by atoms with Crippen LogP contribution in [0.25, 0.3) is 22.4 Å². The predicted molar refractivity (Wildman–Crippen MR) is 146 cm³/mol. The van der Waals surface area contributed by atoms with Gasteiger partial charge in [0.1, 0.15) is 17.0 Å². The number of nitrogens with one attached hydrogen (secondary N) is 1. The number of oxazole rings is 1. The number of aliphatic hydroxyl groups is 1. The van der Waals surface area contributed by atoms with Crippen molar-refractivity contribution in [3.05, 3.63) is 76.8 Å². The van der Waals surface area contributed by atoms with Gasteiger partial charge >= 0.3 is 6.18 Å². The molecule has 10 nitrogen and oxygen atoms in total. The Kier molecular flexibility index (Phi) is 7.89. The summed E-state index contributed by atoms with van der Waals surface area (Å²) in [5, 5.41) is 12.7. The first-order valence-corrected chi connectivity index (χ1v) is 13.1. The van der Waals surface area contributed by atoms with Crippen LogP contribution >= 0.6 is 0 Å². The lowest BCUT2D eigenvalue weighted by atomic mass is 10.1. The van der Waals surface area contributed by atoms with E-state index in [0.717, 1.165) is 11.6 Å². The summed E-state index contributed by atoms with van der Waals surface area (Å²) in [6, 6.07) is 11.1. The Balaban J connectivity index is 1.38. The Morgan fingerprint density at radius 3 is 2.52 bits per heavy atom. The fraction of sp³-hybridized carbons (Fsp3) is 0.310. The Hall–Kier alpha value is -4.49. The van der Waals surface area contributed by atoms with Gasteiger partial charge in [-0.05, 0) is 55.3 Å². The zero-order valence-corrected chi connectivity index (χ0v) is 22.7. The van der Waals surface area contributed by atoms with Crippen molar-refractivity contribution in [2.45, 2.75) is 38.2 Å². The number of hydrogen-bond acceptors (Lipinski definition) is 8. The van der Waals surface area contributed by atoms with E-state index in [2.05, 4.69) is 15.3 Å².